The molecule has 0 nitrogen and oxygen atoms in total. The van der Waals surface area contributed by atoms with Gasteiger partial charge in [0.05, 0.1) is 0 Å². The van der Waals surface area contributed by atoms with Crippen LogP contribution in [0.2, 0.25) is 0 Å². The Morgan fingerprint density at radius 2 is 1.67 bits per heavy atom. The summed E-state index contributed by atoms with van der Waals surface area (Å²) >= 11 is 0. The quantitative estimate of drug-likeness (QED) is 0.604. The van der Waals surface area contributed by atoms with Gasteiger partial charge in [0.1, 0.15) is 5.82 Å². The molecule has 0 aromatic heterocycles. The predicted molar refractivity (Wildman–Crippen MR) is 40.3 cm³/mol. The highest BCUT2D eigenvalue weighted by molar-refractivity contribution is 5.21. The number of halogens is 3. The van der Waals surface area contributed by atoms with Crippen LogP contribution in [0.3, 0.4) is 0 Å². The Hall–Kier alpha value is -0.990. The summed E-state index contributed by atoms with van der Waals surface area (Å²) in [6, 6.07) is 1.74. The summed E-state index contributed by atoms with van der Waals surface area (Å²) in [7, 11) is 0. The van der Waals surface area contributed by atoms with E-state index in [4.69, 9.17) is 0 Å². The standard InChI is InChI=1S/C9H9F3/c1-2-3-6-7(10)4-5-8(11)9(6)12/h4-5H,2-3H2,1H3. The molecular formula is C9H9F3. The first-order chi connectivity index (χ1) is 5.66. The highest BCUT2D eigenvalue weighted by atomic mass is 19.2. The first kappa shape index (κ1) is 9.10. The lowest BCUT2D eigenvalue weighted by atomic mass is 10.1. The van der Waals surface area contributed by atoms with Gasteiger partial charge in [0, 0.05) is 5.56 Å². The van der Waals surface area contributed by atoms with Crippen LogP contribution in [-0.2, 0) is 6.42 Å². The normalized spacial score (nSPS) is 10.3. The van der Waals surface area contributed by atoms with Gasteiger partial charge in [0.2, 0.25) is 0 Å². The lowest BCUT2D eigenvalue weighted by molar-refractivity contribution is 0.478. The average molecular weight is 174 g/mol. The molecule has 0 saturated heterocycles. The number of rotatable bonds is 2. The Kier molecular flexibility index (Phi) is 2.74. The van der Waals surface area contributed by atoms with Crippen molar-refractivity contribution in [2.45, 2.75) is 19.8 Å². The van der Waals surface area contributed by atoms with Crippen LogP contribution in [0.25, 0.3) is 0 Å². The first-order valence-corrected chi connectivity index (χ1v) is 3.79. The van der Waals surface area contributed by atoms with Crippen LogP contribution in [0.15, 0.2) is 12.1 Å². The molecule has 12 heavy (non-hydrogen) atoms. The van der Waals surface area contributed by atoms with Crippen molar-refractivity contribution >= 4 is 0 Å². The Balaban J connectivity index is 3.14. The Labute approximate surface area is 69.0 Å². The van der Waals surface area contributed by atoms with Crippen molar-refractivity contribution in [1.29, 1.82) is 0 Å². The van der Waals surface area contributed by atoms with E-state index in [2.05, 4.69) is 0 Å². The average Bonchev–Trinajstić information content (AvgIpc) is 2.06. The van der Waals surface area contributed by atoms with E-state index in [0.29, 0.717) is 6.42 Å². The molecule has 0 amide bonds. The fraction of sp³-hybridized carbons (Fsp3) is 0.333. The molecule has 0 unspecified atom stereocenters. The van der Waals surface area contributed by atoms with Crippen LogP contribution in [0.5, 0.6) is 0 Å². The summed E-state index contributed by atoms with van der Waals surface area (Å²) in [5, 5.41) is 0. The molecule has 0 radical (unpaired) electrons. The van der Waals surface area contributed by atoms with Gasteiger partial charge >= 0.3 is 0 Å². The SMILES string of the molecule is CCCc1c(F)ccc(F)c1F. The zero-order valence-electron chi connectivity index (χ0n) is 6.70. The fourth-order valence-electron chi connectivity index (χ4n) is 1.05. The molecule has 1 aromatic rings. The molecule has 0 aliphatic carbocycles. The minimum absolute atomic E-state index is 0.155. The van der Waals surface area contributed by atoms with Crippen molar-refractivity contribution in [1.82, 2.24) is 0 Å². The topological polar surface area (TPSA) is 0 Å². The van der Waals surface area contributed by atoms with Gasteiger partial charge in [-0.25, -0.2) is 13.2 Å². The highest BCUT2D eigenvalue weighted by Gasteiger charge is 2.11. The smallest absolute Gasteiger partial charge is 0.164 e. The summed E-state index contributed by atoms with van der Waals surface area (Å²) < 4.78 is 38.2. The molecule has 0 saturated carbocycles. The van der Waals surface area contributed by atoms with Gasteiger partial charge in [-0.3, -0.25) is 0 Å². The van der Waals surface area contributed by atoms with Gasteiger partial charge in [-0.15, -0.1) is 0 Å². The summed E-state index contributed by atoms with van der Waals surface area (Å²) in [6.45, 7) is 1.78. The second-order valence-electron chi connectivity index (χ2n) is 2.57. The zero-order valence-corrected chi connectivity index (χ0v) is 6.70. The molecule has 0 N–H and O–H groups in total. The molecule has 0 fully saturated rings. The highest BCUT2D eigenvalue weighted by Crippen LogP contribution is 2.16. The molecule has 66 valence electrons. The number of hydrogen-bond donors (Lipinski definition) is 0. The van der Waals surface area contributed by atoms with E-state index in [1.54, 1.807) is 6.92 Å². The van der Waals surface area contributed by atoms with E-state index in [-0.39, 0.29) is 12.0 Å². The summed E-state index contributed by atoms with van der Waals surface area (Å²) in [5.74, 6) is -2.72. The van der Waals surface area contributed by atoms with Crippen LogP contribution in [0, 0.1) is 17.5 Å². The molecule has 0 aliphatic heterocycles. The van der Waals surface area contributed by atoms with Crippen LogP contribution in [0.4, 0.5) is 13.2 Å². The van der Waals surface area contributed by atoms with Crippen molar-refractivity contribution in [2.75, 3.05) is 0 Å². The third kappa shape index (κ3) is 1.60. The molecule has 0 spiro atoms. The molecule has 0 atom stereocenters. The van der Waals surface area contributed by atoms with Gasteiger partial charge < -0.3 is 0 Å². The van der Waals surface area contributed by atoms with Crippen molar-refractivity contribution in [3.05, 3.63) is 35.1 Å². The molecule has 0 bridgehead atoms. The van der Waals surface area contributed by atoms with Crippen molar-refractivity contribution in [2.24, 2.45) is 0 Å². The van der Waals surface area contributed by atoms with E-state index >= 15 is 0 Å². The van der Waals surface area contributed by atoms with Crippen LogP contribution in [0.1, 0.15) is 18.9 Å². The maximum atomic E-state index is 12.8. The van der Waals surface area contributed by atoms with E-state index in [9.17, 15) is 13.2 Å². The fourth-order valence-corrected chi connectivity index (χ4v) is 1.05. The minimum atomic E-state index is -1.06. The third-order valence-electron chi connectivity index (χ3n) is 1.64. The van der Waals surface area contributed by atoms with Crippen LogP contribution >= 0.6 is 0 Å². The number of hydrogen-bond acceptors (Lipinski definition) is 0. The van der Waals surface area contributed by atoms with E-state index in [1.165, 1.54) is 0 Å². The molecule has 3 heteroatoms. The second kappa shape index (κ2) is 3.61. The maximum absolute atomic E-state index is 12.8. The van der Waals surface area contributed by atoms with Crippen molar-refractivity contribution in [3.63, 3.8) is 0 Å². The lowest BCUT2D eigenvalue weighted by Crippen LogP contribution is -1.97. The molecule has 1 aromatic carbocycles. The number of benzene rings is 1. The molecule has 0 aliphatic rings. The van der Waals surface area contributed by atoms with Crippen molar-refractivity contribution < 1.29 is 13.2 Å². The van der Waals surface area contributed by atoms with Gasteiger partial charge in [-0.05, 0) is 18.6 Å². The largest absolute Gasteiger partial charge is 0.207 e. The van der Waals surface area contributed by atoms with E-state index in [0.717, 1.165) is 12.1 Å². The third-order valence-corrected chi connectivity index (χ3v) is 1.64. The maximum Gasteiger partial charge on any atom is 0.164 e. The Morgan fingerprint density at radius 3 is 2.25 bits per heavy atom. The van der Waals surface area contributed by atoms with Gasteiger partial charge in [-0.2, -0.15) is 0 Å². The molecular weight excluding hydrogens is 165 g/mol. The summed E-state index contributed by atoms with van der Waals surface area (Å²) in [5.41, 5.74) is -0.155. The Morgan fingerprint density at radius 1 is 1.08 bits per heavy atom. The summed E-state index contributed by atoms with van der Waals surface area (Å²) in [4.78, 5) is 0. The van der Waals surface area contributed by atoms with Crippen LogP contribution < -0.4 is 0 Å². The van der Waals surface area contributed by atoms with E-state index in [1.807, 2.05) is 0 Å². The summed E-state index contributed by atoms with van der Waals surface area (Å²) in [6.07, 6.45) is 0.826. The molecule has 0 heterocycles. The monoisotopic (exact) mass is 174 g/mol. The van der Waals surface area contributed by atoms with Crippen LogP contribution in [-0.4, -0.2) is 0 Å². The van der Waals surface area contributed by atoms with Crippen molar-refractivity contribution in [3.8, 4) is 0 Å². The lowest BCUT2D eigenvalue weighted by Gasteiger charge is -2.02. The van der Waals surface area contributed by atoms with Gasteiger partial charge in [-0.1, -0.05) is 13.3 Å². The van der Waals surface area contributed by atoms with E-state index < -0.39 is 17.5 Å². The van der Waals surface area contributed by atoms with Gasteiger partial charge in [0.25, 0.3) is 0 Å². The second-order valence-corrected chi connectivity index (χ2v) is 2.57. The first-order valence-electron chi connectivity index (χ1n) is 3.79. The minimum Gasteiger partial charge on any atom is -0.207 e. The zero-order chi connectivity index (χ0) is 9.14. The Bertz CT molecular complexity index is 281. The predicted octanol–water partition coefficient (Wildman–Crippen LogP) is 3.06. The van der Waals surface area contributed by atoms with Gasteiger partial charge in [0.15, 0.2) is 11.6 Å². The molecule has 1 rings (SSSR count).